The lowest BCUT2D eigenvalue weighted by molar-refractivity contribution is 0.0597. The number of hydrogen-bond donors (Lipinski definition) is 1. The number of methoxy groups -OCH3 is 2. The van der Waals surface area contributed by atoms with E-state index >= 15 is 0 Å². The van der Waals surface area contributed by atoms with Crippen molar-refractivity contribution in [3.05, 3.63) is 29.3 Å². The number of rotatable bonds is 5. The summed E-state index contributed by atoms with van der Waals surface area (Å²) < 4.78 is 15.7. The molecule has 2 saturated heterocycles. The van der Waals surface area contributed by atoms with E-state index in [0.29, 0.717) is 17.9 Å². The molecule has 2 heterocycles. The van der Waals surface area contributed by atoms with Crippen molar-refractivity contribution in [2.75, 3.05) is 47.1 Å². The van der Waals surface area contributed by atoms with Crippen molar-refractivity contribution in [1.29, 1.82) is 0 Å². The number of ether oxygens (including phenoxy) is 3. The number of halogens is 1. The number of nitrogens with zero attached hydrogens (tertiary/aromatic N) is 2. The van der Waals surface area contributed by atoms with Crippen LogP contribution in [0.15, 0.2) is 23.2 Å². The largest absolute Gasteiger partial charge is 0.496 e. The van der Waals surface area contributed by atoms with Crippen LogP contribution in [0, 0.1) is 5.41 Å². The van der Waals surface area contributed by atoms with E-state index in [9.17, 15) is 4.79 Å². The maximum absolute atomic E-state index is 12.0. The van der Waals surface area contributed by atoms with Gasteiger partial charge in [0.05, 0.1) is 27.4 Å². The van der Waals surface area contributed by atoms with Gasteiger partial charge in [0.25, 0.3) is 0 Å². The molecule has 1 aromatic rings. The Balaban J connectivity index is 0.00000280. The molecule has 2 aliphatic heterocycles. The van der Waals surface area contributed by atoms with Crippen LogP contribution in [-0.2, 0) is 16.0 Å². The fraction of sp³-hybridized carbons (Fsp3) is 0.600. The molecule has 28 heavy (non-hydrogen) atoms. The second-order valence-corrected chi connectivity index (χ2v) is 7.17. The van der Waals surface area contributed by atoms with Gasteiger partial charge in [0.1, 0.15) is 11.3 Å². The zero-order chi connectivity index (χ0) is 19.3. The predicted octanol–water partition coefficient (Wildman–Crippen LogP) is 2.68. The normalized spacial score (nSPS) is 21.5. The van der Waals surface area contributed by atoms with Gasteiger partial charge in [0, 0.05) is 31.7 Å². The summed E-state index contributed by atoms with van der Waals surface area (Å²) >= 11 is 0. The Morgan fingerprint density at radius 3 is 2.82 bits per heavy atom. The number of carbonyl (C=O) groups is 1. The van der Waals surface area contributed by atoms with E-state index in [0.717, 1.165) is 57.2 Å². The standard InChI is InChI=1S/C20H29N3O4.HI/c1-4-21-19(23-9-7-20(13-23)8-10-27-14-20)22-12-15-5-6-17(25-2)16(11-15)18(24)26-3;/h5-6,11H,4,7-10,12-14H2,1-3H3,(H,21,22);1H. The topological polar surface area (TPSA) is 72.4 Å². The molecule has 0 saturated carbocycles. The van der Waals surface area contributed by atoms with Gasteiger partial charge in [-0.25, -0.2) is 9.79 Å². The van der Waals surface area contributed by atoms with E-state index in [4.69, 9.17) is 19.2 Å². The minimum Gasteiger partial charge on any atom is -0.496 e. The van der Waals surface area contributed by atoms with Gasteiger partial charge in [-0.05, 0) is 37.5 Å². The first-order valence-corrected chi connectivity index (χ1v) is 9.47. The van der Waals surface area contributed by atoms with Crippen LogP contribution in [0.4, 0.5) is 0 Å². The summed E-state index contributed by atoms with van der Waals surface area (Å²) in [7, 11) is 2.91. The fourth-order valence-corrected chi connectivity index (χ4v) is 3.80. The summed E-state index contributed by atoms with van der Waals surface area (Å²) in [4.78, 5) is 19.1. The molecule has 1 atom stereocenters. The minimum absolute atomic E-state index is 0. The monoisotopic (exact) mass is 503 g/mol. The summed E-state index contributed by atoms with van der Waals surface area (Å²) in [5.41, 5.74) is 1.64. The number of guanidine groups is 1. The average Bonchev–Trinajstić information content (AvgIpc) is 3.34. The van der Waals surface area contributed by atoms with Gasteiger partial charge in [-0.2, -0.15) is 0 Å². The highest BCUT2D eigenvalue weighted by Gasteiger charge is 2.42. The fourth-order valence-electron chi connectivity index (χ4n) is 3.80. The highest BCUT2D eigenvalue weighted by Crippen LogP contribution is 2.38. The summed E-state index contributed by atoms with van der Waals surface area (Å²) in [5.74, 6) is 1.01. The van der Waals surface area contributed by atoms with Crippen molar-refractivity contribution < 1.29 is 19.0 Å². The first-order valence-electron chi connectivity index (χ1n) is 9.47. The molecule has 1 N–H and O–H groups in total. The lowest BCUT2D eigenvalue weighted by Crippen LogP contribution is -2.41. The van der Waals surface area contributed by atoms with Crippen molar-refractivity contribution in [3.8, 4) is 5.75 Å². The van der Waals surface area contributed by atoms with E-state index in [-0.39, 0.29) is 29.4 Å². The molecule has 1 aromatic carbocycles. The van der Waals surface area contributed by atoms with E-state index in [1.54, 1.807) is 19.2 Å². The molecule has 0 amide bonds. The zero-order valence-electron chi connectivity index (χ0n) is 16.8. The molecule has 3 rings (SSSR count). The van der Waals surface area contributed by atoms with Crippen molar-refractivity contribution in [3.63, 3.8) is 0 Å². The lowest BCUT2D eigenvalue weighted by Gasteiger charge is -2.25. The van der Waals surface area contributed by atoms with Gasteiger partial charge in [0.2, 0.25) is 0 Å². The van der Waals surface area contributed by atoms with Crippen LogP contribution in [0.5, 0.6) is 5.75 Å². The summed E-state index contributed by atoms with van der Waals surface area (Å²) in [5, 5.41) is 3.39. The Morgan fingerprint density at radius 2 is 2.18 bits per heavy atom. The Hall–Kier alpha value is -1.55. The quantitative estimate of drug-likeness (QED) is 0.289. The molecule has 2 fully saturated rings. The van der Waals surface area contributed by atoms with Gasteiger partial charge < -0.3 is 24.4 Å². The van der Waals surface area contributed by atoms with Gasteiger partial charge in [-0.1, -0.05) is 6.07 Å². The number of hydrogen-bond acceptors (Lipinski definition) is 5. The van der Waals surface area contributed by atoms with Crippen LogP contribution in [-0.4, -0.2) is 63.9 Å². The van der Waals surface area contributed by atoms with Crippen LogP contribution in [0.3, 0.4) is 0 Å². The Kier molecular flexibility index (Phi) is 8.36. The van der Waals surface area contributed by atoms with Gasteiger partial charge in [-0.15, -0.1) is 24.0 Å². The lowest BCUT2D eigenvalue weighted by atomic mass is 9.87. The Labute approximate surface area is 183 Å². The van der Waals surface area contributed by atoms with Crippen molar-refractivity contribution in [2.45, 2.75) is 26.3 Å². The van der Waals surface area contributed by atoms with Gasteiger partial charge >= 0.3 is 5.97 Å². The smallest absolute Gasteiger partial charge is 0.341 e. The van der Waals surface area contributed by atoms with Crippen LogP contribution >= 0.6 is 24.0 Å². The second-order valence-electron chi connectivity index (χ2n) is 7.17. The third-order valence-electron chi connectivity index (χ3n) is 5.34. The molecule has 0 aliphatic carbocycles. The van der Waals surface area contributed by atoms with Crippen LogP contribution in [0.25, 0.3) is 0 Å². The summed E-state index contributed by atoms with van der Waals surface area (Å²) in [6.45, 7) is 7.06. The molecule has 1 unspecified atom stereocenters. The number of benzene rings is 1. The highest BCUT2D eigenvalue weighted by molar-refractivity contribution is 14.0. The summed E-state index contributed by atoms with van der Waals surface area (Å²) in [6, 6.07) is 5.49. The van der Waals surface area contributed by atoms with Crippen LogP contribution in [0.2, 0.25) is 0 Å². The molecular formula is C20H30IN3O4. The number of aliphatic imine (C=N–C) groups is 1. The molecule has 0 bridgehead atoms. The maximum Gasteiger partial charge on any atom is 0.341 e. The summed E-state index contributed by atoms with van der Waals surface area (Å²) in [6.07, 6.45) is 2.27. The Bertz CT molecular complexity index is 705. The molecule has 8 heteroatoms. The number of likely N-dealkylation sites (tertiary alicyclic amines) is 1. The molecule has 0 aromatic heterocycles. The SMILES string of the molecule is CCNC(=NCc1ccc(OC)c(C(=O)OC)c1)N1CCC2(CCOC2)C1.I. The van der Waals surface area contributed by atoms with Crippen LogP contribution < -0.4 is 10.1 Å². The molecule has 156 valence electrons. The van der Waals surface area contributed by atoms with Gasteiger partial charge in [-0.3, -0.25) is 0 Å². The number of nitrogens with one attached hydrogen (secondary N) is 1. The first-order chi connectivity index (χ1) is 13.1. The van der Waals surface area contributed by atoms with E-state index in [2.05, 4.69) is 17.1 Å². The zero-order valence-corrected chi connectivity index (χ0v) is 19.2. The van der Waals surface area contributed by atoms with E-state index < -0.39 is 5.97 Å². The highest BCUT2D eigenvalue weighted by atomic mass is 127. The third-order valence-corrected chi connectivity index (χ3v) is 5.34. The van der Waals surface area contributed by atoms with Crippen molar-refractivity contribution in [1.82, 2.24) is 10.2 Å². The molecule has 7 nitrogen and oxygen atoms in total. The van der Waals surface area contributed by atoms with Crippen molar-refractivity contribution >= 4 is 35.9 Å². The first kappa shape index (κ1) is 22.7. The predicted molar refractivity (Wildman–Crippen MR) is 119 cm³/mol. The maximum atomic E-state index is 12.0. The van der Waals surface area contributed by atoms with Crippen LogP contribution in [0.1, 0.15) is 35.7 Å². The number of esters is 1. The molecular weight excluding hydrogens is 473 g/mol. The molecule has 0 radical (unpaired) electrons. The van der Waals surface area contributed by atoms with E-state index in [1.165, 1.54) is 7.11 Å². The molecule has 2 aliphatic rings. The second kappa shape index (κ2) is 10.3. The average molecular weight is 503 g/mol. The Morgan fingerprint density at radius 1 is 1.36 bits per heavy atom. The third kappa shape index (κ3) is 5.08. The van der Waals surface area contributed by atoms with Gasteiger partial charge in [0.15, 0.2) is 5.96 Å². The van der Waals surface area contributed by atoms with E-state index in [1.807, 2.05) is 6.07 Å². The minimum atomic E-state index is -0.410. The number of carbonyl (C=O) groups excluding carboxylic acids is 1. The molecule has 1 spiro atoms. The van der Waals surface area contributed by atoms with Crippen molar-refractivity contribution in [2.24, 2.45) is 10.4 Å².